The number of nitrogens with zero attached hydrogens (tertiary/aromatic N) is 1. The monoisotopic (exact) mass is 280 g/mol. The van der Waals surface area contributed by atoms with Crippen LogP contribution in [0.25, 0.3) is 0 Å². The Labute approximate surface area is 112 Å². The van der Waals surface area contributed by atoms with Gasteiger partial charge in [0.15, 0.2) is 5.82 Å². The van der Waals surface area contributed by atoms with Gasteiger partial charge in [-0.3, -0.25) is 9.82 Å². The molecule has 0 aliphatic heterocycles. The van der Waals surface area contributed by atoms with Gasteiger partial charge in [0.2, 0.25) is 0 Å². The van der Waals surface area contributed by atoms with Crippen molar-refractivity contribution in [3.05, 3.63) is 35.0 Å². The number of aryl methyl sites for hydroxylation is 2. The molecule has 0 unspecified atom stereocenters. The average Bonchev–Trinajstić information content (AvgIpc) is 2.68. The fraction of sp³-hybridized carbons (Fsp3) is 0.250. The summed E-state index contributed by atoms with van der Waals surface area (Å²) in [7, 11) is -3.69. The summed E-state index contributed by atoms with van der Waals surface area (Å²) in [5, 5.41) is 6.53. The molecule has 2 aromatic rings. The van der Waals surface area contributed by atoms with Crippen LogP contribution in [-0.2, 0) is 10.0 Å². The number of nitrogens with one attached hydrogen (secondary N) is 2. The Bertz CT molecular complexity index is 719. The number of aromatic amines is 1. The first kappa shape index (κ1) is 13.4. The number of nitrogen functional groups attached to an aromatic ring is 1. The standard InChI is InChI=1S/C12H16N4O2S/c1-7-4-10(13)6-11(9(7)3)19(17,18)16-12-5-8(2)14-15-12/h4-6H,13H2,1-3H3,(H2,14,15,16). The maximum Gasteiger partial charge on any atom is 0.263 e. The molecule has 0 aliphatic carbocycles. The van der Waals surface area contributed by atoms with Crippen LogP contribution in [0.3, 0.4) is 0 Å². The van der Waals surface area contributed by atoms with Crippen LogP contribution in [0.15, 0.2) is 23.1 Å². The molecule has 19 heavy (non-hydrogen) atoms. The molecule has 0 saturated carbocycles. The molecule has 0 atom stereocenters. The Morgan fingerprint density at radius 3 is 2.47 bits per heavy atom. The van der Waals surface area contributed by atoms with E-state index in [1.54, 1.807) is 26.0 Å². The summed E-state index contributed by atoms with van der Waals surface area (Å²) in [4.78, 5) is 0.172. The summed E-state index contributed by atoms with van der Waals surface area (Å²) in [6, 6.07) is 4.81. The van der Waals surface area contributed by atoms with Gasteiger partial charge in [0.1, 0.15) is 0 Å². The summed E-state index contributed by atoms with van der Waals surface area (Å²) in [5.41, 5.74) is 8.41. The molecule has 4 N–H and O–H groups in total. The van der Waals surface area contributed by atoms with Gasteiger partial charge in [-0.15, -0.1) is 0 Å². The van der Waals surface area contributed by atoms with E-state index in [2.05, 4.69) is 14.9 Å². The van der Waals surface area contributed by atoms with E-state index in [-0.39, 0.29) is 10.7 Å². The van der Waals surface area contributed by atoms with Crippen LogP contribution in [0.1, 0.15) is 16.8 Å². The van der Waals surface area contributed by atoms with Gasteiger partial charge in [-0.05, 0) is 44.0 Å². The zero-order chi connectivity index (χ0) is 14.2. The minimum Gasteiger partial charge on any atom is -0.399 e. The van der Waals surface area contributed by atoms with Crippen LogP contribution in [0, 0.1) is 20.8 Å². The molecule has 0 saturated heterocycles. The second kappa shape index (κ2) is 4.58. The van der Waals surface area contributed by atoms with E-state index < -0.39 is 10.0 Å². The molecule has 6 nitrogen and oxygen atoms in total. The van der Waals surface area contributed by atoms with Crippen molar-refractivity contribution in [3.63, 3.8) is 0 Å². The molecule has 7 heteroatoms. The summed E-state index contributed by atoms with van der Waals surface area (Å²) in [6.07, 6.45) is 0. The van der Waals surface area contributed by atoms with Crippen LogP contribution in [-0.4, -0.2) is 18.6 Å². The van der Waals surface area contributed by atoms with Crippen LogP contribution in [0.4, 0.5) is 11.5 Å². The van der Waals surface area contributed by atoms with E-state index in [0.717, 1.165) is 11.3 Å². The number of hydrogen-bond donors (Lipinski definition) is 3. The first-order valence-electron chi connectivity index (χ1n) is 5.71. The second-order valence-electron chi connectivity index (χ2n) is 4.50. The second-order valence-corrected chi connectivity index (χ2v) is 6.15. The topological polar surface area (TPSA) is 101 Å². The Balaban J connectivity index is 2.45. The number of sulfonamides is 1. The quantitative estimate of drug-likeness (QED) is 0.745. The molecule has 0 amide bonds. The molecule has 0 fully saturated rings. The highest BCUT2D eigenvalue weighted by Crippen LogP contribution is 2.24. The average molecular weight is 280 g/mol. The molecule has 102 valence electrons. The minimum absolute atomic E-state index is 0.172. The van der Waals surface area contributed by atoms with Crippen molar-refractivity contribution < 1.29 is 8.42 Å². The van der Waals surface area contributed by atoms with E-state index in [1.807, 2.05) is 6.92 Å². The highest BCUT2D eigenvalue weighted by atomic mass is 32.2. The lowest BCUT2D eigenvalue weighted by Gasteiger charge is -2.11. The molecule has 1 aromatic heterocycles. The van der Waals surface area contributed by atoms with Crippen LogP contribution in [0.2, 0.25) is 0 Å². The fourth-order valence-corrected chi connectivity index (χ4v) is 3.14. The largest absolute Gasteiger partial charge is 0.399 e. The van der Waals surface area contributed by atoms with Crippen LogP contribution >= 0.6 is 0 Å². The van der Waals surface area contributed by atoms with Crippen molar-refractivity contribution in [1.82, 2.24) is 10.2 Å². The van der Waals surface area contributed by atoms with E-state index in [1.165, 1.54) is 6.07 Å². The Morgan fingerprint density at radius 2 is 1.89 bits per heavy atom. The molecule has 1 aromatic carbocycles. The van der Waals surface area contributed by atoms with Gasteiger partial charge in [-0.25, -0.2) is 8.42 Å². The lowest BCUT2D eigenvalue weighted by Crippen LogP contribution is -2.15. The summed E-state index contributed by atoms with van der Waals surface area (Å²) >= 11 is 0. The molecule has 0 spiro atoms. The highest BCUT2D eigenvalue weighted by molar-refractivity contribution is 7.92. The number of anilines is 2. The van der Waals surface area contributed by atoms with Gasteiger partial charge in [0.25, 0.3) is 10.0 Å². The fourth-order valence-electron chi connectivity index (χ4n) is 1.80. The number of benzene rings is 1. The van der Waals surface area contributed by atoms with Gasteiger partial charge in [-0.1, -0.05) is 0 Å². The molecule has 1 heterocycles. The Kier molecular flexibility index (Phi) is 3.23. The zero-order valence-corrected chi connectivity index (χ0v) is 11.8. The van der Waals surface area contributed by atoms with Crippen molar-refractivity contribution in [2.75, 3.05) is 10.5 Å². The number of hydrogen-bond acceptors (Lipinski definition) is 4. The van der Waals surface area contributed by atoms with Crippen molar-refractivity contribution in [1.29, 1.82) is 0 Å². The van der Waals surface area contributed by atoms with E-state index in [4.69, 9.17) is 5.73 Å². The number of aromatic nitrogens is 2. The van der Waals surface area contributed by atoms with Crippen LogP contribution in [0.5, 0.6) is 0 Å². The summed E-state index contributed by atoms with van der Waals surface area (Å²) in [6.45, 7) is 5.36. The van der Waals surface area contributed by atoms with E-state index >= 15 is 0 Å². The van der Waals surface area contributed by atoms with Gasteiger partial charge in [0.05, 0.1) is 4.90 Å². The van der Waals surface area contributed by atoms with Gasteiger partial charge in [-0.2, -0.15) is 5.10 Å². The number of rotatable bonds is 3. The third-order valence-corrected chi connectivity index (χ3v) is 4.36. The predicted octanol–water partition coefficient (Wildman–Crippen LogP) is 1.72. The van der Waals surface area contributed by atoms with Crippen molar-refractivity contribution in [2.45, 2.75) is 25.7 Å². The Morgan fingerprint density at radius 1 is 1.21 bits per heavy atom. The van der Waals surface area contributed by atoms with Crippen LogP contribution < -0.4 is 10.5 Å². The van der Waals surface area contributed by atoms with Crippen molar-refractivity contribution in [3.8, 4) is 0 Å². The van der Waals surface area contributed by atoms with Crippen molar-refractivity contribution >= 4 is 21.5 Å². The number of nitrogens with two attached hydrogens (primary N) is 1. The maximum atomic E-state index is 12.3. The minimum atomic E-state index is -3.69. The number of H-pyrrole nitrogens is 1. The SMILES string of the molecule is Cc1cc(NS(=O)(=O)c2cc(N)cc(C)c2C)n[nH]1. The highest BCUT2D eigenvalue weighted by Gasteiger charge is 2.19. The third-order valence-electron chi connectivity index (χ3n) is 2.88. The smallest absolute Gasteiger partial charge is 0.263 e. The lowest BCUT2D eigenvalue weighted by molar-refractivity contribution is 0.600. The molecule has 0 aliphatic rings. The van der Waals surface area contributed by atoms with Gasteiger partial charge < -0.3 is 5.73 Å². The molecule has 2 rings (SSSR count). The van der Waals surface area contributed by atoms with Gasteiger partial charge in [0, 0.05) is 17.4 Å². The van der Waals surface area contributed by atoms with Crippen molar-refractivity contribution in [2.24, 2.45) is 0 Å². The third kappa shape index (κ3) is 2.70. The first-order valence-corrected chi connectivity index (χ1v) is 7.19. The first-order chi connectivity index (χ1) is 8.79. The summed E-state index contributed by atoms with van der Waals surface area (Å²) < 4.78 is 27.1. The van der Waals surface area contributed by atoms with E-state index in [9.17, 15) is 8.42 Å². The maximum absolute atomic E-state index is 12.3. The molecule has 0 bridgehead atoms. The Hall–Kier alpha value is -2.02. The van der Waals surface area contributed by atoms with E-state index in [0.29, 0.717) is 11.3 Å². The molecule has 0 radical (unpaired) electrons. The lowest BCUT2D eigenvalue weighted by atomic mass is 10.1. The zero-order valence-electron chi connectivity index (χ0n) is 11.0. The predicted molar refractivity (Wildman–Crippen MR) is 74.5 cm³/mol. The molecular formula is C12H16N4O2S. The summed E-state index contributed by atoms with van der Waals surface area (Å²) in [5.74, 6) is 0.261. The molecular weight excluding hydrogens is 264 g/mol. The van der Waals surface area contributed by atoms with Gasteiger partial charge >= 0.3 is 0 Å². The normalized spacial score (nSPS) is 11.5.